The molecule has 1 aliphatic heterocycles. The molecule has 0 aliphatic carbocycles. The van der Waals surface area contributed by atoms with Gasteiger partial charge in [0.1, 0.15) is 0 Å². The Morgan fingerprint density at radius 3 is 2.39 bits per heavy atom. The number of rotatable bonds is 8. The number of fused-ring (bicyclic) bond motifs is 1. The Bertz CT molecular complexity index is 2160. The molecule has 46 heavy (non-hydrogen) atoms. The van der Waals surface area contributed by atoms with Crippen molar-refractivity contribution in [2.24, 2.45) is 4.99 Å². The SMILES string of the molecule is CCOC(=O)C1=C(C)N=c2s/c(=C\c3cn(-c4ccccc4)nc3-c3ccccc3)c(=O)n2[C@H]1c1ccc(OC(C)=O)c(OC)c1. The normalized spacial score (nSPS) is 14.4. The molecular weight excluding hydrogens is 604 g/mol. The van der Waals surface area contributed by atoms with E-state index in [9.17, 15) is 14.4 Å². The molecule has 3 heterocycles. The molecule has 232 valence electrons. The van der Waals surface area contributed by atoms with Crippen molar-refractivity contribution in [2.75, 3.05) is 13.7 Å². The number of esters is 2. The molecule has 0 radical (unpaired) electrons. The lowest BCUT2D eigenvalue weighted by atomic mass is 9.95. The summed E-state index contributed by atoms with van der Waals surface area (Å²) in [6.07, 6.45) is 3.70. The Morgan fingerprint density at radius 1 is 1.00 bits per heavy atom. The van der Waals surface area contributed by atoms with Crippen molar-refractivity contribution in [1.29, 1.82) is 0 Å². The summed E-state index contributed by atoms with van der Waals surface area (Å²) < 4.78 is 19.9. The highest BCUT2D eigenvalue weighted by molar-refractivity contribution is 7.07. The third-order valence-electron chi connectivity index (χ3n) is 7.37. The lowest BCUT2D eigenvalue weighted by Gasteiger charge is -2.25. The van der Waals surface area contributed by atoms with E-state index in [-0.39, 0.29) is 29.2 Å². The second-order valence-electron chi connectivity index (χ2n) is 10.4. The number of thiazole rings is 1. The molecule has 0 unspecified atom stereocenters. The topological polar surface area (TPSA) is 114 Å². The zero-order chi connectivity index (χ0) is 32.4. The van der Waals surface area contributed by atoms with E-state index < -0.39 is 18.0 Å². The van der Waals surface area contributed by atoms with Gasteiger partial charge in [0.2, 0.25) is 0 Å². The first-order valence-electron chi connectivity index (χ1n) is 14.6. The van der Waals surface area contributed by atoms with Crippen molar-refractivity contribution >= 4 is 29.4 Å². The molecule has 0 saturated carbocycles. The van der Waals surface area contributed by atoms with Crippen molar-refractivity contribution in [3.05, 3.63) is 127 Å². The fraction of sp³-hybridized carbons (Fsp3) is 0.171. The van der Waals surface area contributed by atoms with Gasteiger partial charge in [-0.2, -0.15) is 5.10 Å². The Hall–Kier alpha value is -5.55. The van der Waals surface area contributed by atoms with Gasteiger partial charge in [-0.3, -0.25) is 14.2 Å². The summed E-state index contributed by atoms with van der Waals surface area (Å²) >= 11 is 1.22. The number of hydrogen-bond acceptors (Lipinski definition) is 9. The van der Waals surface area contributed by atoms with Gasteiger partial charge < -0.3 is 14.2 Å². The Balaban J connectivity index is 1.55. The number of ether oxygens (including phenoxy) is 3. The van der Waals surface area contributed by atoms with Crippen molar-refractivity contribution in [3.8, 4) is 28.4 Å². The molecule has 1 aliphatic rings. The fourth-order valence-electron chi connectivity index (χ4n) is 5.37. The van der Waals surface area contributed by atoms with Crippen LogP contribution in [-0.2, 0) is 14.3 Å². The van der Waals surface area contributed by atoms with Gasteiger partial charge >= 0.3 is 11.9 Å². The van der Waals surface area contributed by atoms with E-state index in [1.807, 2.05) is 72.9 Å². The average molecular weight is 635 g/mol. The number of hydrogen-bond donors (Lipinski definition) is 0. The second-order valence-corrected chi connectivity index (χ2v) is 11.4. The highest BCUT2D eigenvalue weighted by atomic mass is 32.1. The predicted molar refractivity (Wildman–Crippen MR) is 174 cm³/mol. The average Bonchev–Trinajstić information content (AvgIpc) is 3.61. The minimum Gasteiger partial charge on any atom is -0.493 e. The number of methoxy groups -OCH3 is 1. The minimum absolute atomic E-state index is 0.148. The van der Waals surface area contributed by atoms with E-state index in [2.05, 4.69) is 4.99 Å². The lowest BCUT2D eigenvalue weighted by molar-refractivity contribution is -0.139. The minimum atomic E-state index is -0.877. The maximum Gasteiger partial charge on any atom is 0.338 e. The van der Waals surface area contributed by atoms with E-state index in [1.165, 1.54) is 29.9 Å². The summed E-state index contributed by atoms with van der Waals surface area (Å²) in [5.41, 5.74) is 4.10. The highest BCUT2D eigenvalue weighted by Crippen LogP contribution is 2.36. The number of nitrogens with zero attached hydrogens (tertiary/aromatic N) is 4. The lowest BCUT2D eigenvalue weighted by Crippen LogP contribution is -2.40. The summed E-state index contributed by atoms with van der Waals surface area (Å²) in [7, 11) is 1.45. The van der Waals surface area contributed by atoms with Crippen LogP contribution >= 0.6 is 11.3 Å². The van der Waals surface area contributed by atoms with Gasteiger partial charge in [-0.15, -0.1) is 0 Å². The van der Waals surface area contributed by atoms with Crippen LogP contribution in [0, 0.1) is 0 Å². The zero-order valence-corrected chi connectivity index (χ0v) is 26.4. The molecule has 0 N–H and O–H groups in total. The third-order valence-corrected chi connectivity index (χ3v) is 8.35. The molecule has 0 fully saturated rings. The molecule has 0 amide bonds. The smallest absolute Gasteiger partial charge is 0.338 e. The largest absolute Gasteiger partial charge is 0.493 e. The molecule has 2 aromatic heterocycles. The van der Waals surface area contributed by atoms with E-state index in [0.29, 0.717) is 26.3 Å². The predicted octanol–water partition coefficient (Wildman–Crippen LogP) is 4.58. The quantitative estimate of drug-likeness (QED) is 0.181. The van der Waals surface area contributed by atoms with Gasteiger partial charge in [-0.1, -0.05) is 65.9 Å². The number of carbonyl (C=O) groups is 2. The maximum absolute atomic E-state index is 14.3. The number of carbonyl (C=O) groups excluding carboxylic acids is 2. The van der Waals surface area contributed by atoms with E-state index in [4.69, 9.17) is 19.3 Å². The molecular formula is C35H30N4O6S. The summed E-state index contributed by atoms with van der Waals surface area (Å²) in [6, 6.07) is 23.5. The second kappa shape index (κ2) is 12.8. The van der Waals surface area contributed by atoms with Crippen LogP contribution in [0.5, 0.6) is 11.5 Å². The first kappa shape index (κ1) is 30.5. The van der Waals surface area contributed by atoms with Crippen molar-refractivity contribution < 1.29 is 23.8 Å². The molecule has 11 heteroatoms. The maximum atomic E-state index is 14.3. The number of para-hydroxylation sites is 1. The van der Waals surface area contributed by atoms with Crippen molar-refractivity contribution in [1.82, 2.24) is 14.3 Å². The van der Waals surface area contributed by atoms with Crippen LogP contribution < -0.4 is 24.4 Å². The number of aromatic nitrogens is 3. The van der Waals surface area contributed by atoms with Gasteiger partial charge in [0.05, 0.1) is 46.9 Å². The first-order chi connectivity index (χ1) is 22.3. The Morgan fingerprint density at radius 2 is 1.72 bits per heavy atom. The van der Waals surface area contributed by atoms with Crippen molar-refractivity contribution in [2.45, 2.75) is 26.8 Å². The van der Waals surface area contributed by atoms with Crippen LogP contribution in [0.1, 0.15) is 37.9 Å². The zero-order valence-electron chi connectivity index (χ0n) is 25.6. The van der Waals surface area contributed by atoms with Crippen LogP contribution in [0.2, 0.25) is 0 Å². The van der Waals surface area contributed by atoms with Gasteiger partial charge in [-0.25, -0.2) is 14.5 Å². The van der Waals surface area contributed by atoms with Crippen LogP contribution in [0.25, 0.3) is 23.0 Å². The Labute approximate surface area is 268 Å². The molecule has 3 aromatic carbocycles. The van der Waals surface area contributed by atoms with Gasteiger partial charge in [-0.05, 0) is 49.8 Å². The van der Waals surface area contributed by atoms with E-state index in [0.717, 1.165) is 16.8 Å². The summed E-state index contributed by atoms with van der Waals surface area (Å²) in [4.78, 5) is 44.4. The monoisotopic (exact) mass is 634 g/mol. The van der Waals surface area contributed by atoms with Crippen molar-refractivity contribution in [3.63, 3.8) is 0 Å². The molecule has 1 atom stereocenters. The number of allylic oxidation sites excluding steroid dienone is 1. The highest BCUT2D eigenvalue weighted by Gasteiger charge is 2.34. The van der Waals surface area contributed by atoms with Gasteiger partial charge in [0.25, 0.3) is 5.56 Å². The molecule has 0 bridgehead atoms. The number of benzene rings is 3. The molecule has 0 saturated heterocycles. The fourth-order valence-corrected chi connectivity index (χ4v) is 6.41. The van der Waals surface area contributed by atoms with Gasteiger partial charge in [0.15, 0.2) is 16.3 Å². The first-order valence-corrected chi connectivity index (χ1v) is 15.4. The summed E-state index contributed by atoms with van der Waals surface area (Å²) in [5, 5.41) is 4.88. The van der Waals surface area contributed by atoms with E-state index in [1.54, 1.807) is 36.7 Å². The molecule has 10 nitrogen and oxygen atoms in total. The summed E-state index contributed by atoms with van der Waals surface area (Å²) in [5.74, 6) is -0.601. The standard InChI is InChI=1S/C35H30N4O6S/c1-5-44-34(42)30-21(2)36-35-39(32(30)24-16-17-27(45-22(3)40)28(18-24)43-4)33(41)29(46-35)19-25-20-38(26-14-10-7-11-15-26)37-31(25)23-12-8-6-9-13-23/h6-20,32H,5H2,1-4H3/b29-19-/t32-/m0/s1. The Kier molecular flexibility index (Phi) is 8.49. The third kappa shape index (κ3) is 5.80. The van der Waals surface area contributed by atoms with Crippen LogP contribution in [0.3, 0.4) is 0 Å². The van der Waals surface area contributed by atoms with Gasteiger partial charge in [0, 0.05) is 24.2 Å². The molecule has 6 rings (SSSR count). The van der Waals surface area contributed by atoms with Crippen LogP contribution in [0.15, 0.2) is 106 Å². The molecule has 5 aromatic rings. The molecule has 0 spiro atoms. The van der Waals surface area contributed by atoms with Crippen LogP contribution in [0.4, 0.5) is 0 Å². The van der Waals surface area contributed by atoms with Crippen LogP contribution in [-0.4, -0.2) is 40.0 Å². The summed E-state index contributed by atoms with van der Waals surface area (Å²) in [6.45, 7) is 4.88. The van der Waals surface area contributed by atoms with E-state index >= 15 is 0 Å².